The van der Waals surface area contributed by atoms with Crippen molar-refractivity contribution in [2.75, 3.05) is 0 Å². The molecule has 0 aliphatic carbocycles. The molecule has 2 aromatic carbocycles. The average molecular weight is 468 g/mol. The Hall–Kier alpha value is -3.17. The molecular weight excluding hydrogens is 450 g/mol. The minimum absolute atomic E-state index is 0.0923. The van der Waals surface area contributed by atoms with Gasteiger partial charge in [-0.2, -0.15) is 0 Å². The van der Waals surface area contributed by atoms with Crippen LogP contribution in [0.3, 0.4) is 0 Å². The van der Waals surface area contributed by atoms with E-state index < -0.39 is 32.3 Å². The van der Waals surface area contributed by atoms with E-state index >= 15 is 0 Å². The molecule has 0 saturated heterocycles. The highest BCUT2D eigenvalue weighted by Gasteiger charge is 2.29. The number of phenols is 1. The summed E-state index contributed by atoms with van der Waals surface area (Å²) in [6.45, 7) is 4.00. The average Bonchev–Trinajstić information content (AvgIpc) is 3.11. The third kappa shape index (κ3) is 4.06. The van der Waals surface area contributed by atoms with Crippen molar-refractivity contribution in [1.82, 2.24) is 3.97 Å². The fourth-order valence-corrected chi connectivity index (χ4v) is 4.90. The van der Waals surface area contributed by atoms with Gasteiger partial charge in [-0.25, -0.2) is 21.2 Å². The van der Waals surface area contributed by atoms with E-state index in [0.29, 0.717) is 28.1 Å². The van der Waals surface area contributed by atoms with E-state index in [1.54, 1.807) is 6.07 Å². The van der Waals surface area contributed by atoms with Gasteiger partial charge in [-0.3, -0.25) is 5.21 Å². The van der Waals surface area contributed by atoms with Gasteiger partial charge in [0.2, 0.25) is 12.4 Å². The van der Waals surface area contributed by atoms with E-state index in [9.17, 15) is 27.5 Å². The van der Waals surface area contributed by atoms with Crippen LogP contribution < -0.4 is 4.73 Å². The molecule has 2 N–H and O–H groups in total. The van der Waals surface area contributed by atoms with E-state index in [0.717, 1.165) is 8.70 Å². The van der Waals surface area contributed by atoms with Crippen LogP contribution >= 0.6 is 11.6 Å². The molecule has 162 valence electrons. The smallest absolute Gasteiger partial charge is 0.272 e. The molecule has 10 heteroatoms. The number of hydrogen-bond donors (Lipinski definition) is 2. The van der Waals surface area contributed by atoms with Gasteiger partial charge in [0, 0.05) is 27.3 Å². The Kier molecular flexibility index (Phi) is 6.19. The van der Waals surface area contributed by atoms with Crippen molar-refractivity contribution < 1.29 is 32.2 Å². The van der Waals surface area contributed by atoms with Crippen molar-refractivity contribution in [2.45, 2.75) is 18.7 Å². The number of pyridine rings is 1. The third-order valence-corrected chi connectivity index (χ3v) is 6.29. The van der Waals surface area contributed by atoms with Gasteiger partial charge in [0.15, 0.2) is 11.6 Å². The molecule has 0 unspecified atom stereocenters. The lowest BCUT2D eigenvalue weighted by molar-refractivity contribution is -0.904. The van der Waals surface area contributed by atoms with Crippen LogP contribution in [0.4, 0.5) is 8.78 Å². The quantitative estimate of drug-likeness (QED) is 0.337. The predicted octanol–water partition coefficient (Wildman–Crippen LogP) is 4.73. The highest BCUT2D eigenvalue weighted by Crippen LogP contribution is 2.36. The zero-order valence-electron chi connectivity index (χ0n) is 16.4. The molecular formula is C21H18ClF2N2O4S+. The monoisotopic (exact) mass is 467 g/mol. The van der Waals surface area contributed by atoms with Gasteiger partial charge < -0.3 is 5.11 Å². The summed E-state index contributed by atoms with van der Waals surface area (Å²) in [4.78, 5) is -0.934. The van der Waals surface area contributed by atoms with Gasteiger partial charge in [-0.15, -0.1) is 0 Å². The molecule has 6 nitrogen and oxygen atoms in total. The van der Waals surface area contributed by atoms with Gasteiger partial charge in [-0.1, -0.05) is 25.4 Å². The van der Waals surface area contributed by atoms with Gasteiger partial charge in [0.1, 0.15) is 10.7 Å². The number of hydrogen-bond acceptors (Lipinski definition) is 4. The number of nitrogens with zero attached hydrogens (tertiary/aromatic N) is 2. The lowest BCUT2D eigenvalue weighted by atomic mass is 10.2. The fourth-order valence-electron chi connectivity index (χ4n) is 3.07. The molecule has 0 spiro atoms. The van der Waals surface area contributed by atoms with Crippen molar-refractivity contribution in [1.29, 1.82) is 0 Å². The standard InChI is InChI=1S/C19H11ClF2N2O4S.C2H6/c20-13-3-4-16-12(6-13)7-17(11-2-1-5-23(26)10-11)24(16)29(27,28)18-9-14(21)8-15(22)19(18)25;1-2/h1-10H,(H-,25,26);1-2H3/p+1. The molecule has 0 aliphatic heterocycles. The Bertz CT molecular complexity index is 1390. The Balaban J connectivity index is 0.00000132. The van der Waals surface area contributed by atoms with Gasteiger partial charge in [0.05, 0.1) is 16.8 Å². The molecule has 4 rings (SSSR count). The Morgan fingerprint density at radius 3 is 2.45 bits per heavy atom. The number of phenolic OH excluding ortho intramolecular Hbond substituents is 1. The van der Waals surface area contributed by atoms with Crippen LogP contribution in [0.25, 0.3) is 22.2 Å². The van der Waals surface area contributed by atoms with E-state index in [1.165, 1.54) is 42.7 Å². The summed E-state index contributed by atoms with van der Waals surface area (Å²) >= 11 is 6.01. The van der Waals surface area contributed by atoms with Crippen molar-refractivity contribution >= 4 is 32.5 Å². The number of fused-ring (bicyclic) bond motifs is 1. The summed E-state index contributed by atoms with van der Waals surface area (Å²) in [5, 5.41) is 20.5. The maximum Gasteiger partial charge on any atom is 0.272 e. The first kappa shape index (κ1) is 22.5. The van der Waals surface area contributed by atoms with E-state index in [-0.39, 0.29) is 11.2 Å². The zero-order chi connectivity index (χ0) is 22.9. The molecule has 2 aromatic heterocycles. The molecule has 0 saturated carbocycles. The minimum Gasteiger partial charge on any atom is -0.504 e. The summed E-state index contributed by atoms with van der Waals surface area (Å²) in [5.74, 6) is -3.76. The van der Waals surface area contributed by atoms with Crippen LogP contribution in [0.15, 0.2) is 65.8 Å². The molecule has 0 fully saturated rings. The summed E-state index contributed by atoms with van der Waals surface area (Å²) in [7, 11) is -4.65. The number of rotatable bonds is 3. The maximum absolute atomic E-state index is 13.8. The van der Waals surface area contributed by atoms with Crippen LogP contribution in [0.2, 0.25) is 5.02 Å². The van der Waals surface area contributed by atoms with E-state index in [2.05, 4.69) is 0 Å². The molecule has 0 bridgehead atoms. The summed E-state index contributed by atoms with van der Waals surface area (Å²) in [6, 6.07) is 9.86. The summed E-state index contributed by atoms with van der Waals surface area (Å²) in [5.41, 5.74) is 0.554. The number of aromatic hydroxyl groups is 1. The molecule has 0 aliphatic rings. The first-order valence-corrected chi connectivity index (χ1v) is 11.0. The first-order valence-electron chi connectivity index (χ1n) is 9.14. The number of benzene rings is 2. The molecule has 31 heavy (non-hydrogen) atoms. The second-order valence-electron chi connectivity index (χ2n) is 6.21. The lowest BCUT2D eigenvalue weighted by Crippen LogP contribution is -2.28. The maximum atomic E-state index is 13.8. The highest BCUT2D eigenvalue weighted by molar-refractivity contribution is 7.90. The van der Waals surface area contributed by atoms with Gasteiger partial charge in [0.25, 0.3) is 10.0 Å². The van der Waals surface area contributed by atoms with Crippen LogP contribution in [0, 0.1) is 11.6 Å². The predicted molar refractivity (Wildman–Crippen MR) is 112 cm³/mol. The normalized spacial score (nSPS) is 11.3. The second-order valence-corrected chi connectivity index (χ2v) is 8.40. The zero-order valence-corrected chi connectivity index (χ0v) is 18.0. The molecule has 4 aromatic rings. The highest BCUT2D eigenvalue weighted by atomic mass is 35.5. The van der Waals surface area contributed by atoms with Crippen molar-refractivity contribution in [3.05, 3.63) is 77.6 Å². The molecule has 0 amide bonds. The summed E-state index contributed by atoms with van der Waals surface area (Å²) < 4.78 is 55.9. The van der Waals surface area contributed by atoms with Crippen molar-refractivity contribution in [3.63, 3.8) is 0 Å². The van der Waals surface area contributed by atoms with Crippen LogP contribution in [0.1, 0.15) is 13.8 Å². The lowest BCUT2D eigenvalue weighted by Gasteiger charge is -2.13. The fraction of sp³-hybridized carbons (Fsp3) is 0.0952. The van der Waals surface area contributed by atoms with E-state index in [1.807, 2.05) is 13.8 Å². The second kappa shape index (κ2) is 8.52. The molecule has 2 heterocycles. The van der Waals surface area contributed by atoms with Crippen LogP contribution in [-0.4, -0.2) is 22.7 Å². The molecule has 0 atom stereocenters. The third-order valence-electron chi connectivity index (χ3n) is 4.31. The minimum atomic E-state index is -4.65. The van der Waals surface area contributed by atoms with Crippen LogP contribution in [0.5, 0.6) is 5.75 Å². The number of halogens is 3. The SMILES string of the molecule is CC.O=S(=O)(c1cc(F)cc(F)c1O)n1c(-c2ccc[n+](O)c2)cc2cc(Cl)ccc21. The van der Waals surface area contributed by atoms with Crippen molar-refractivity contribution in [2.24, 2.45) is 0 Å². The van der Waals surface area contributed by atoms with Gasteiger partial charge in [-0.05, 0) is 36.4 Å². The Labute approximate surface area is 182 Å². The molecule has 0 radical (unpaired) electrons. The Morgan fingerprint density at radius 2 is 1.77 bits per heavy atom. The first-order chi connectivity index (χ1) is 14.7. The largest absolute Gasteiger partial charge is 0.504 e. The van der Waals surface area contributed by atoms with Gasteiger partial charge >= 0.3 is 0 Å². The summed E-state index contributed by atoms with van der Waals surface area (Å²) in [6.07, 6.45) is 2.59. The van der Waals surface area contributed by atoms with E-state index in [4.69, 9.17) is 11.6 Å². The topological polar surface area (TPSA) is 83.4 Å². The Morgan fingerprint density at radius 1 is 1.06 bits per heavy atom. The van der Waals surface area contributed by atoms with Crippen molar-refractivity contribution in [3.8, 4) is 17.0 Å². The van der Waals surface area contributed by atoms with Crippen LogP contribution in [-0.2, 0) is 10.0 Å². The number of aromatic nitrogens is 2.